The van der Waals surface area contributed by atoms with E-state index >= 15 is 0 Å². The van der Waals surface area contributed by atoms with Gasteiger partial charge < -0.3 is 14.8 Å². The zero-order valence-electron chi connectivity index (χ0n) is 14.1. The molecule has 0 radical (unpaired) electrons. The van der Waals surface area contributed by atoms with Gasteiger partial charge in [-0.2, -0.15) is 0 Å². The highest BCUT2D eigenvalue weighted by Gasteiger charge is 2.37. The van der Waals surface area contributed by atoms with Gasteiger partial charge in [-0.3, -0.25) is 4.98 Å². The molecular formula is C17H30N2O2. The lowest BCUT2D eigenvalue weighted by Gasteiger charge is -2.40. The molecule has 21 heavy (non-hydrogen) atoms. The molecule has 1 N–H and O–H groups in total. The van der Waals surface area contributed by atoms with E-state index in [2.05, 4.69) is 44.1 Å². The van der Waals surface area contributed by atoms with Crippen molar-refractivity contribution in [2.24, 2.45) is 0 Å². The molecule has 0 amide bonds. The maximum Gasteiger partial charge on any atom is 0.137 e. The van der Waals surface area contributed by atoms with E-state index in [1.807, 2.05) is 6.20 Å². The zero-order chi connectivity index (χ0) is 15.7. The minimum atomic E-state index is -0.210. The molecule has 0 aromatic carbocycles. The number of pyridine rings is 1. The molecule has 4 nitrogen and oxygen atoms in total. The Hall–Kier alpha value is -1.13. The summed E-state index contributed by atoms with van der Waals surface area (Å²) in [5.41, 5.74) is 0.915. The molecule has 0 fully saturated rings. The Bertz CT molecular complexity index is 406. The maximum absolute atomic E-state index is 6.18. The van der Waals surface area contributed by atoms with Crippen molar-refractivity contribution < 1.29 is 9.47 Å². The first kappa shape index (κ1) is 17.9. The van der Waals surface area contributed by atoms with Crippen LogP contribution in [0.25, 0.3) is 0 Å². The van der Waals surface area contributed by atoms with Crippen LogP contribution in [-0.2, 0) is 4.74 Å². The minimum absolute atomic E-state index is 0.120. The van der Waals surface area contributed by atoms with Crippen molar-refractivity contribution in [1.82, 2.24) is 10.3 Å². The van der Waals surface area contributed by atoms with Crippen LogP contribution in [-0.4, -0.2) is 30.8 Å². The van der Waals surface area contributed by atoms with Crippen LogP contribution in [0.5, 0.6) is 5.75 Å². The van der Waals surface area contributed by atoms with E-state index in [-0.39, 0.29) is 11.6 Å². The number of hydrogen-bond donors (Lipinski definition) is 1. The monoisotopic (exact) mass is 294 g/mol. The SMILES string of the molecule is CCCNC(c1cncc(OC)c1)C(CC)(CC)OCC. The summed E-state index contributed by atoms with van der Waals surface area (Å²) in [7, 11) is 1.67. The van der Waals surface area contributed by atoms with Crippen LogP contribution < -0.4 is 10.1 Å². The third kappa shape index (κ3) is 4.42. The highest BCUT2D eigenvalue weighted by Crippen LogP contribution is 2.36. The van der Waals surface area contributed by atoms with Crippen molar-refractivity contribution in [2.75, 3.05) is 20.3 Å². The third-order valence-corrected chi connectivity index (χ3v) is 4.06. The third-order valence-electron chi connectivity index (χ3n) is 4.06. The van der Waals surface area contributed by atoms with Gasteiger partial charge in [0.1, 0.15) is 5.75 Å². The molecule has 0 bridgehead atoms. The van der Waals surface area contributed by atoms with E-state index in [1.54, 1.807) is 13.3 Å². The first-order valence-electron chi connectivity index (χ1n) is 8.03. The summed E-state index contributed by atoms with van der Waals surface area (Å²) in [6, 6.07) is 2.18. The average molecular weight is 294 g/mol. The molecule has 0 saturated heterocycles. The summed E-state index contributed by atoms with van der Waals surface area (Å²) in [6.45, 7) is 10.3. The van der Waals surface area contributed by atoms with E-state index in [4.69, 9.17) is 9.47 Å². The maximum atomic E-state index is 6.18. The van der Waals surface area contributed by atoms with E-state index in [1.165, 1.54) is 0 Å². The summed E-state index contributed by atoms with van der Waals surface area (Å²) >= 11 is 0. The Labute approximate surface area is 129 Å². The fourth-order valence-corrected chi connectivity index (χ4v) is 2.83. The fraction of sp³-hybridized carbons (Fsp3) is 0.706. The quantitative estimate of drug-likeness (QED) is 0.714. The predicted molar refractivity (Wildman–Crippen MR) is 86.8 cm³/mol. The normalized spacial score (nSPS) is 13.2. The second kappa shape index (κ2) is 9.00. The summed E-state index contributed by atoms with van der Waals surface area (Å²) in [6.07, 6.45) is 6.64. The molecule has 1 rings (SSSR count). The van der Waals surface area contributed by atoms with Crippen LogP contribution in [0.15, 0.2) is 18.5 Å². The Balaban J connectivity index is 3.17. The van der Waals surface area contributed by atoms with E-state index in [9.17, 15) is 0 Å². The number of ether oxygens (including phenoxy) is 2. The second-order valence-corrected chi connectivity index (χ2v) is 5.25. The molecule has 4 heteroatoms. The summed E-state index contributed by atoms with van der Waals surface area (Å²) in [4.78, 5) is 4.31. The molecule has 1 unspecified atom stereocenters. The van der Waals surface area contributed by atoms with Gasteiger partial charge in [0.2, 0.25) is 0 Å². The highest BCUT2D eigenvalue weighted by molar-refractivity contribution is 5.28. The van der Waals surface area contributed by atoms with Crippen LogP contribution >= 0.6 is 0 Å². The predicted octanol–water partition coefficient (Wildman–Crippen LogP) is 3.73. The highest BCUT2D eigenvalue weighted by atomic mass is 16.5. The smallest absolute Gasteiger partial charge is 0.137 e. The van der Waals surface area contributed by atoms with Gasteiger partial charge in [0.15, 0.2) is 0 Å². The number of rotatable bonds is 10. The molecule has 0 saturated carbocycles. The van der Waals surface area contributed by atoms with Gasteiger partial charge in [0.05, 0.1) is 24.9 Å². The van der Waals surface area contributed by atoms with Gasteiger partial charge in [0, 0.05) is 12.8 Å². The molecule has 1 aromatic rings. The number of methoxy groups -OCH3 is 1. The lowest BCUT2D eigenvalue weighted by molar-refractivity contribution is -0.0733. The number of hydrogen-bond acceptors (Lipinski definition) is 4. The molecular weight excluding hydrogens is 264 g/mol. The van der Waals surface area contributed by atoms with Crippen LogP contribution in [0.3, 0.4) is 0 Å². The van der Waals surface area contributed by atoms with Crippen molar-refractivity contribution in [3.05, 3.63) is 24.0 Å². The average Bonchev–Trinajstić information content (AvgIpc) is 2.54. The van der Waals surface area contributed by atoms with E-state index < -0.39 is 0 Å². The number of nitrogens with zero attached hydrogens (tertiary/aromatic N) is 1. The Morgan fingerprint density at radius 2 is 1.90 bits per heavy atom. The van der Waals surface area contributed by atoms with Crippen LogP contribution in [0, 0.1) is 0 Å². The standard InChI is InChI=1S/C17H30N2O2/c1-6-10-19-16(17(7-2,8-3)21-9-4)14-11-15(20-5)13-18-12-14/h11-13,16,19H,6-10H2,1-5H3. The largest absolute Gasteiger partial charge is 0.495 e. The number of aromatic nitrogens is 1. The molecule has 0 spiro atoms. The van der Waals surface area contributed by atoms with Crippen molar-refractivity contribution in [3.63, 3.8) is 0 Å². The molecule has 1 heterocycles. The molecule has 1 atom stereocenters. The first-order chi connectivity index (χ1) is 10.2. The molecule has 120 valence electrons. The number of nitrogens with one attached hydrogen (secondary N) is 1. The van der Waals surface area contributed by atoms with Crippen molar-refractivity contribution in [2.45, 2.75) is 58.6 Å². The fourth-order valence-electron chi connectivity index (χ4n) is 2.83. The zero-order valence-corrected chi connectivity index (χ0v) is 14.1. The summed E-state index contributed by atoms with van der Waals surface area (Å²) in [5.74, 6) is 0.786. The van der Waals surface area contributed by atoms with Gasteiger partial charge >= 0.3 is 0 Å². The van der Waals surface area contributed by atoms with Gasteiger partial charge in [-0.05, 0) is 44.4 Å². The van der Waals surface area contributed by atoms with E-state index in [0.29, 0.717) is 6.61 Å². The topological polar surface area (TPSA) is 43.4 Å². The Morgan fingerprint density at radius 3 is 2.43 bits per heavy atom. The second-order valence-electron chi connectivity index (χ2n) is 5.25. The van der Waals surface area contributed by atoms with Gasteiger partial charge in [-0.15, -0.1) is 0 Å². The van der Waals surface area contributed by atoms with Crippen LogP contribution in [0.4, 0.5) is 0 Å². The molecule has 0 aliphatic rings. The van der Waals surface area contributed by atoms with Crippen molar-refractivity contribution in [1.29, 1.82) is 0 Å². The Morgan fingerprint density at radius 1 is 1.19 bits per heavy atom. The van der Waals surface area contributed by atoms with Gasteiger partial charge in [0.25, 0.3) is 0 Å². The summed E-state index contributed by atoms with van der Waals surface area (Å²) < 4.78 is 11.5. The Kier molecular flexibility index (Phi) is 7.68. The van der Waals surface area contributed by atoms with Crippen molar-refractivity contribution in [3.8, 4) is 5.75 Å². The summed E-state index contributed by atoms with van der Waals surface area (Å²) in [5, 5.41) is 3.64. The molecule has 0 aliphatic heterocycles. The molecule has 0 aliphatic carbocycles. The van der Waals surface area contributed by atoms with Gasteiger partial charge in [-0.25, -0.2) is 0 Å². The lowest BCUT2D eigenvalue weighted by atomic mass is 9.84. The van der Waals surface area contributed by atoms with Crippen LogP contribution in [0.1, 0.15) is 58.6 Å². The van der Waals surface area contributed by atoms with Crippen LogP contribution in [0.2, 0.25) is 0 Å². The van der Waals surface area contributed by atoms with Gasteiger partial charge in [-0.1, -0.05) is 20.8 Å². The molecule has 1 aromatic heterocycles. The van der Waals surface area contributed by atoms with E-state index in [0.717, 1.165) is 37.1 Å². The minimum Gasteiger partial charge on any atom is -0.495 e. The van der Waals surface area contributed by atoms with Crippen molar-refractivity contribution >= 4 is 0 Å². The lowest BCUT2D eigenvalue weighted by Crippen LogP contribution is -2.46. The first-order valence-corrected chi connectivity index (χ1v) is 8.03.